The van der Waals surface area contributed by atoms with Gasteiger partial charge in [-0.25, -0.2) is 0 Å². The molecule has 106 valence electrons. The highest BCUT2D eigenvalue weighted by Gasteiger charge is 2.32. The van der Waals surface area contributed by atoms with Crippen molar-refractivity contribution in [2.75, 3.05) is 13.1 Å². The van der Waals surface area contributed by atoms with E-state index in [2.05, 4.69) is 24.4 Å². The Labute approximate surface area is 122 Å². The van der Waals surface area contributed by atoms with Crippen molar-refractivity contribution in [1.82, 2.24) is 5.32 Å². The van der Waals surface area contributed by atoms with Crippen LogP contribution in [0.3, 0.4) is 0 Å². The summed E-state index contributed by atoms with van der Waals surface area (Å²) in [5, 5.41) is 4.50. The molecule has 0 atom stereocenters. The second-order valence-electron chi connectivity index (χ2n) is 5.88. The predicted molar refractivity (Wildman–Crippen MR) is 84.0 cm³/mol. The summed E-state index contributed by atoms with van der Waals surface area (Å²) >= 11 is 6.04. The van der Waals surface area contributed by atoms with Crippen molar-refractivity contribution in [1.29, 1.82) is 0 Å². The van der Waals surface area contributed by atoms with Crippen LogP contribution in [-0.4, -0.2) is 13.1 Å². The molecule has 1 aromatic rings. The number of rotatable bonds is 5. The largest absolute Gasteiger partial charge is 0.316 e. The lowest BCUT2D eigenvalue weighted by molar-refractivity contribution is 0.348. The molecule has 2 heteroatoms. The van der Waals surface area contributed by atoms with Crippen LogP contribution >= 0.6 is 11.6 Å². The summed E-state index contributed by atoms with van der Waals surface area (Å²) in [7, 11) is 0. The molecule has 0 saturated heterocycles. The summed E-state index contributed by atoms with van der Waals surface area (Å²) in [5.74, 6) is 0. The molecule has 1 fully saturated rings. The average Bonchev–Trinajstić information content (AvgIpc) is 2.66. The van der Waals surface area contributed by atoms with Crippen LogP contribution in [0, 0.1) is 0 Å². The van der Waals surface area contributed by atoms with E-state index in [9.17, 15) is 0 Å². The van der Waals surface area contributed by atoms with Crippen molar-refractivity contribution in [3.63, 3.8) is 0 Å². The SMILES string of the molecule is CCCNCC1(c2ccc(Cl)cc2)CCCCCC1. The van der Waals surface area contributed by atoms with Gasteiger partial charge in [-0.3, -0.25) is 0 Å². The lowest BCUT2D eigenvalue weighted by Crippen LogP contribution is -2.38. The summed E-state index contributed by atoms with van der Waals surface area (Å²) in [4.78, 5) is 0. The van der Waals surface area contributed by atoms with E-state index in [1.165, 1.54) is 50.5 Å². The molecule has 1 aromatic carbocycles. The molecule has 19 heavy (non-hydrogen) atoms. The molecule has 0 aromatic heterocycles. The normalized spacial score (nSPS) is 19.1. The predicted octanol–water partition coefficient (Wildman–Crippen LogP) is 4.93. The van der Waals surface area contributed by atoms with E-state index in [1.807, 2.05) is 12.1 Å². The summed E-state index contributed by atoms with van der Waals surface area (Å²) in [5.41, 5.74) is 1.80. The number of hydrogen-bond donors (Lipinski definition) is 1. The summed E-state index contributed by atoms with van der Waals surface area (Å²) in [6.07, 6.45) is 9.33. The van der Waals surface area contributed by atoms with Crippen LogP contribution in [0.15, 0.2) is 24.3 Å². The minimum Gasteiger partial charge on any atom is -0.316 e. The van der Waals surface area contributed by atoms with E-state index < -0.39 is 0 Å². The molecule has 0 aliphatic heterocycles. The van der Waals surface area contributed by atoms with Crippen LogP contribution in [0.25, 0.3) is 0 Å². The second kappa shape index (κ2) is 7.31. The molecule has 0 radical (unpaired) electrons. The Hall–Kier alpha value is -0.530. The van der Waals surface area contributed by atoms with Gasteiger partial charge < -0.3 is 5.32 Å². The fraction of sp³-hybridized carbons (Fsp3) is 0.647. The highest BCUT2D eigenvalue weighted by atomic mass is 35.5. The monoisotopic (exact) mass is 279 g/mol. The summed E-state index contributed by atoms with van der Waals surface area (Å²) in [6, 6.07) is 8.56. The van der Waals surface area contributed by atoms with Gasteiger partial charge in [0.1, 0.15) is 0 Å². The highest BCUT2D eigenvalue weighted by molar-refractivity contribution is 6.30. The first-order valence-corrected chi connectivity index (χ1v) is 8.11. The third kappa shape index (κ3) is 3.97. The lowest BCUT2D eigenvalue weighted by atomic mass is 9.74. The van der Waals surface area contributed by atoms with E-state index in [1.54, 1.807) is 0 Å². The first-order valence-electron chi connectivity index (χ1n) is 7.74. The number of halogens is 1. The van der Waals surface area contributed by atoms with Crippen molar-refractivity contribution in [3.8, 4) is 0 Å². The molecule has 0 unspecified atom stereocenters. The molecule has 0 heterocycles. The molecule has 1 saturated carbocycles. The maximum absolute atomic E-state index is 6.04. The summed E-state index contributed by atoms with van der Waals surface area (Å²) < 4.78 is 0. The summed E-state index contributed by atoms with van der Waals surface area (Å²) in [6.45, 7) is 4.47. The maximum Gasteiger partial charge on any atom is 0.0406 e. The quantitative estimate of drug-likeness (QED) is 0.595. The Balaban J connectivity index is 2.18. The van der Waals surface area contributed by atoms with Crippen molar-refractivity contribution in [2.24, 2.45) is 0 Å². The second-order valence-corrected chi connectivity index (χ2v) is 6.31. The average molecular weight is 280 g/mol. The minimum atomic E-state index is 0.330. The minimum absolute atomic E-state index is 0.330. The van der Waals surface area contributed by atoms with Crippen molar-refractivity contribution in [3.05, 3.63) is 34.9 Å². The fourth-order valence-electron chi connectivity index (χ4n) is 3.28. The molecule has 1 aliphatic carbocycles. The Morgan fingerprint density at radius 1 is 1.05 bits per heavy atom. The zero-order chi connectivity index (χ0) is 13.6. The van der Waals surface area contributed by atoms with E-state index in [4.69, 9.17) is 11.6 Å². The van der Waals surface area contributed by atoms with Crippen LogP contribution in [0.2, 0.25) is 5.02 Å². The Bertz CT molecular complexity index is 363. The van der Waals surface area contributed by atoms with Crippen molar-refractivity contribution in [2.45, 2.75) is 57.3 Å². The molecule has 0 bridgehead atoms. The van der Waals surface area contributed by atoms with Gasteiger partial charge in [-0.2, -0.15) is 0 Å². The molecular formula is C17H26ClN. The van der Waals surface area contributed by atoms with Crippen LogP contribution < -0.4 is 5.32 Å². The topological polar surface area (TPSA) is 12.0 Å². The van der Waals surface area contributed by atoms with E-state index in [0.717, 1.165) is 18.1 Å². The number of hydrogen-bond acceptors (Lipinski definition) is 1. The third-order valence-corrected chi connectivity index (χ3v) is 4.66. The molecule has 1 N–H and O–H groups in total. The zero-order valence-corrected chi connectivity index (χ0v) is 12.8. The van der Waals surface area contributed by atoms with E-state index in [-0.39, 0.29) is 0 Å². The molecular weight excluding hydrogens is 254 g/mol. The van der Waals surface area contributed by atoms with Gasteiger partial charge in [-0.15, -0.1) is 0 Å². The van der Waals surface area contributed by atoms with Crippen molar-refractivity contribution >= 4 is 11.6 Å². The van der Waals surface area contributed by atoms with E-state index in [0.29, 0.717) is 5.41 Å². The Morgan fingerprint density at radius 3 is 2.26 bits per heavy atom. The van der Waals surface area contributed by atoms with Crippen molar-refractivity contribution < 1.29 is 0 Å². The standard InChI is InChI=1S/C17H26ClN/c1-2-13-19-14-17(11-5-3-4-6-12-17)15-7-9-16(18)10-8-15/h7-10,19H,2-6,11-14H2,1H3. The maximum atomic E-state index is 6.04. The smallest absolute Gasteiger partial charge is 0.0406 e. The fourth-order valence-corrected chi connectivity index (χ4v) is 3.41. The Kier molecular flexibility index (Phi) is 5.72. The first-order chi connectivity index (χ1) is 9.27. The molecule has 0 spiro atoms. The van der Waals surface area contributed by atoms with Gasteiger partial charge in [0.2, 0.25) is 0 Å². The van der Waals surface area contributed by atoms with Gasteiger partial charge in [0.05, 0.1) is 0 Å². The Morgan fingerprint density at radius 2 is 1.68 bits per heavy atom. The molecule has 0 amide bonds. The first kappa shape index (κ1) is 14.9. The molecule has 2 rings (SSSR count). The third-order valence-electron chi connectivity index (χ3n) is 4.41. The molecule has 1 nitrogen and oxygen atoms in total. The number of nitrogens with one attached hydrogen (secondary N) is 1. The van der Waals surface area contributed by atoms with Crippen LogP contribution in [0.5, 0.6) is 0 Å². The highest BCUT2D eigenvalue weighted by Crippen LogP contribution is 2.38. The van der Waals surface area contributed by atoms with Gasteiger partial charge in [0.15, 0.2) is 0 Å². The zero-order valence-electron chi connectivity index (χ0n) is 12.1. The van der Waals surface area contributed by atoms with Gasteiger partial charge in [0.25, 0.3) is 0 Å². The van der Waals surface area contributed by atoms with Crippen LogP contribution in [-0.2, 0) is 5.41 Å². The van der Waals surface area contributed by atoms with Crippen LogP contribution in [0.4, 0.5) is 0 Å². The van der Waals surface area contributed by atoms with Gasteiger partial charge in [0, 0.05) is 17.0 Å². The van der Waals surface area contributed by atoms with Gasteiger partial charge in [-0.1, -0.05) is 56.3 Å². The lowest BCUT2D eigenvalue weighted by Gasteiger charge is -2.34. The number of benzene rings is 1. The van der Waals surface area contributed by atoms with Gasteiger partial charge in [-0.05, 0) is 43.5 Å². The molecule has 1 aliphatic rings. The van der Waals surface area contributed by atoms with E-state index >= 15 is 0 Å². The van der Waals surface area contributed by atoms with Crippen LogP contribution in [0.1, 0.15) is 57.4 Å². The van der Waals surface area contributed by atoms with Gasteiger partial charge >= 0.3 is 0 Å².